The summed E-state index contributed by atoms with van der Waals surface area (Å²) in [6.45, 7) is 3.87. The van der Waals surface area contributed by atoms with Crippen molar-refractivity contribution in [1.82, 2.24) is 15.0 Å². The van der Waals surface area contributed by atoms with Crippen LogP contribution in [0.5, 0.6) is 5.75 Å². The maximum atomic E-state index is 13.8. The molecule has 7 heteroatoms. The molecule has 0 aliphatic carbocycles. The van der Waals surface area contributed by atoms with Gasteiger partial charge in [-0.05, 0) is 37.6 Å². The van der Waals surface area contributed by atoms with E-state index in [1.807, 2.05) is 43.3 Å². The molecule has 0 saturated carbocycles. The van der Waals surface area contributed by atoms with Crippen molar-refractivity contribution in [3.05, 3.63) is 143 Å². The third-order valence-electron chi connectivity index (χ3n) is 6.71. The Morgan fingerprint density at radius 2 is 1.43 bits per heavy atom. The molecule has 196 valence electrons. The molecule has 0 aliphatic rings. The van der Waals surface area contributed by atoms with E-state index in [0.29, 0.717) is 44.9 Å². The molecule has 0 N–H and O–H groups in total. The summed E-state index contributed by atoms with van der Waals surface area (Å²) < 4.78 is 14.0. The number of benzene rings is 4. The van der Waals surface area contributed by atoms with Crippen LogP contribution >= 0.6 is 0 Å². The maximum absolute atomic E-state index is 13.8. The van der Waals surface area contributed by atoms with E-state index < -0.39 is 0 Å². The van der Waals surface area contributed by atoms with Gasteiger partial charge in [-0.15, -0.1) is 5.10 Å². The molecule has 0 atom stereocenters. The van der Waals surface area contributed by atoms with Crippen molar-refractivity contribution in [3.63, 3.8) is 0 Å². The third-order valence-corrected chi connectivity index (χ3v) is 6.71. The molecule has 6 rings (SSSR count). The Morgan fingerprint density at radius 3 is 2.10 bits per heavy atom. The fourth-order valence-corrected chi connectivity index (χ4v) is 4.74. The molecule has 0 bridgehead atoms. The van der Waals surface area contributed by atoms with Crippen molar-refractivity contribution in [2.24, 2.45) is 0 Å². The molecule has 0 saturated heterocycles. The molecule has 6 aromatic rings. The predicted molar refractivity (Wildman–Crippen MR) is 151 cm³/mol. The number of nitrogens with zero attached hydrogens (tertiary/aromatic N) is 3. The normalized spacial score (nSPS) is 11.1. The zero-order valence-corrected chi connectivity index (χ0v) is 22.0. The fraction of sp³-hybridized carbons (Fsp3) is 0.0909. The van der Waals surface area contributed by atoms with Gasteiger partial charge < -0.3 is 9.15 Å². The second kappa shape index (κ2) is 10.5. The van der Waals surface area contributed by atoms with E-state index in [1.54, 1.807) is 78.5 Å². The predicted octanol–water partition coefficient (Wildman–Crippen LogP) is 6.67. The number of ether oxygens (including phenoxy) is 1. The van der Waals surface area contributed by atoms with Gasteiger partial charge in [0.2, 0.25) is 0 Å². The number of hydrogen-bond donors (Lipinski definition) is 0. The minimum atomic E-state index is -0.262. The Kier molecular flexibility index (Phi) is 6.54. The highest BCUT2D eigenvalue weighted by Crippen LogP contribution is 2.37. The molecule has 7 nitrogen and oxygen atoms in total. The summed E-state index contributed by atoms with van der Waals surface area (Å²) in [7, 11) is 0. The molecular formula is C33H25N3O4. The monoisotopic (exact) mass is 527 g/mol. The number of fused-ring (bicyclic) bond motifs is 1. The van der Waals surface area contributed by atoms with E-state index in [9.17, 15) is 9.59 Å². The van der Waals surface area contributed by atoms with E-state index in [2.05, 4.69) is 10.3 Å². The average molecular weight is 528 g/mol. The zero-order valence-electron chi connectivity index (χ0n) is 22.0. The Labute approximate surface area is 230 Å². The van der Waals surface area contributed by atoms with Crippen molar-refractivity contribution in [3.8, 4) is 11.4 Å². The second-order valence-corrected chi connectivity index (χ2v) is 9.52. The summed E-state index contributed by atoms with van der Waals surface area (Å²) in [6, 6.07) is 29.1. The standard InChI is InChI=1S/C33H25N3O4/c1-21-11-9-10-16-29(21)36-19-25(34-35-36)20-39-32-26(30(37)23-12-5-3-6-13-23)18-27(33-28(32)17-22(2)40-33)31(38)24-14-7-4-8-15-24/h3-19H,20H2,1-2H3. The van der Waals surface area contributed by atoms with Gasteiger partial charge in [0.1, 0.15) is 29.4 Å². The van der Waals surface area contributed by atoms with Crippen LogP contribution in [0.25, 0.3) is 16.7 Å². The van der Waals surface area contributed by atoms with E-state index in [1.165, 1.54) is 0 Å². The van der Waals surface area contributed by atoms with Gasteiger partial charge in [-0.1, -0.05) is 84.1 Å². The van der Waals surface area contributed by atoms with Crippen LogP contribution in [0.3, 0.4) is 0 Å². The molecular weight excluding hydrogens is 502 g/mol. The van der Waals surface area contributed by atoms with Crippen LogP contribution in [0.1, 0.15) is 48.9 Å². The van der Waals surface area contributed by atoms with Crippen LogP contribution in [0.2, 0.25) is 0 Å². The van der Waals surface area contributed by atoms with Crippen LogP contribution in [-0.2, 0) is 6.61 Å². The van der Waals surface area contributed by atoms with Crippen LogP contribution in [0.4, 0.5) is 0 Å². The Hall–Kier alpha value is -5.30. The van der Waals surface area contributed by atoms with E-state index in [0.717, 1.165) is 11.3 Å². The van der Waals surface area contributed by atoms with Crippen molar-refractivity contribution in [2.75, 3.05) is 0 Å². The third kappa shape index (κ3) is 4.69. The van der Waals surface area contributed by atoms with Crippen LogP contribution in [-0.4, -0.2) is 26.6 Å². The Morgan fingerprint density at radius 1 is 0.800 bits per heavy atom. The highest BCUT2D eigenvalue weighted by molar-refractivity contribution is 6.20. The van der Waals surface area contributed by atoms with Gasteiger partial charge in [0.05, 0.1) is 28.4 Å². The molecule has 0 radical (unpaired) electrons. The number of hydrogen-bond acceptors (Lipinski definition) is 6. The quantitative estimate of drug-likeness (QED) is 0.205. The molecule has 0 fully saturated rings. The summed E-state index contributed by atoms with van der Waals surface area (Å²) >= 11 is 0. The van der Waals surface area contributed by atoms with E-state index in [4.69, 9.17) is 9.15 Å². The largest absolute Gasteiger partial charge is 0.486 e. The maximum Gasteiger partial charge on any atom is 0.196 e. The van der Waals surface area contributed by atoms with Crippen LogP contribution in [0, 0.1) is 13.8 Å². The number of aryl methyl sites for hydroxylation is 2. The number of aromatic nitrogens is 3. The van der Waals surface area contributed by atoms with E-state index in [-0.39, 0.29) is 23.7 Å². The summed E-state index contributed by atoms with van der Waals surface area (Å²) in [4.78, 5) is 27.4. The molecule has 0 aliphatic heterocycles. The van der Waals surface area contributed by atoms with Crippen molar-refractivity contribution in [2.45, 2.75) is 20.5 Å². The summed E-state index contributed by atoms with van der Waals surface area (Å²) in [5.41, 5.74) is 4.47. The minimum absolute atomic E-state index is 0.0618. The molecule has 0 spiro atoms. The van der Waals surface area contributed by atoms with Gasteiger partial charge in [-0.25, -0.2) is 4.68 Å². The summed E-state index contributed by atoms with van der Waals surface area (Å²) in [5, 5.41) is 9.08. The van der Waals surface area contributed by atoms with Crippen molar-refractivity contribution in [1.29, 1.82) is 0 Å². The number of carbonyl (C=O) groups excluding carboxylic acids is 2. The first-order valence-electron chi connectivity index (χ1n) is 12.9. The number of furan rings is 1. The van der Waals surface area contributed by atoms with Gasteiger partial charge in [0.25, 0.3) is 0 Å². The minimum Gasteiger partial charge on any atom is -0.486 e. The summed E-state index contributed by atoms with van der Waals surface area (Å²) in [6.07, 6.45) is 1.80. The van der Waals surface area contributed by atoms with Gasteiger partial charge in [-0.2, -0.15) is 0 Å². The number of rotatable bonds is 8. The van der Waals surface area contributed by atoms with Crippen LogP contribution in [0.15, 0.2) is 108 Å². The van der Waals surface area contributed by atoms with Gasteiger partial charge in [0.15, 0.2) is 11.6 Å². The molecule has 2 heterocycles. The lowest BCUT2D eigenvalue weighted by Crippen LogP contribution is -2.10. The molecule has 0 amide bonds. The molecule has 4 aromatic carbocycles. The first-order chi connectivity index (χ1) is 19.5. The molecule has 2 aromatic heterocycles. The zero-order chi connectivity index (χ0) is 27.6. The fourth-order valence-electron chi connectivity index (χ4n) is 4.74. The van der Waals surface area contributed by atoms with Crippen molar-refractivity contribution >= 4 is 22.5 Å². The first kappa shape index (κ1) is 25.0. The van der Waals surface area contributed by atoms with Gasteiger partial charge in [-0.3, -0.25) is 9.59 Å². The lowest BCUT2D eigenvalue weighted by molar-refractivity contribution is 0.103. The summed E-state index contributed by atoms with van der Waals surface area (Å²) in [5.74, 6) is 0.421. The van der Waals surface area contributed by atoms with Crippen LogP contribution < -0.4 is 4.74 Å². The van der Waals surface area contributed by atoms with Gasteiger partial charge >= 0.3 is 0 Å². The number of ketones is 2. The Balaban J connectivity index is 1.44. The smallest absolute Gasteiger partial charge is 0.196 e. The molecule has 0 unspecified atom stereocenters. The second-order valence-electron chi connectivity index (χ2n) is 9.52. The van der Waals surface area contributed by atoms with Gasteiger partial charge in [0, 0.05) is 11.1 Å². The van der Waals surface area contributed by atoms with E-state index >= 15 is 0 Å². The lowest BCUT2D eigenvalue weighted by atomic mass is 9.94. The average Bonchev–Trinajstić information content (AvgIpc) is 3.62. The van der Waals surface area contributed by atoms with Crippen molar-refractivity contribution < 1.29 is 18.7 Å². The SMILES string of the molecule is Cc1cc2c(OCc3cn(-c4ccccc4C)nn3)c(C(=O)c3ccccc3)cc(C(=O)c3ccccc3)c2o1. The Bertz CT molecular complexity index is 1850. The molecule has 40 heavy (non-hydrogen) atoms. The highest BCUT2D eigenvalue weighted by Gasteiger charge is 2.26. The number of para-hydroxylation sites is 1. The highest BCUT2D eigenvalue weighted by atomic mass is 16.5. The first-order valence-corrected chi connectivity index (χ1v) is 12.9. The number of carbonyl (C=O) groups is 2. The lowest BCUT2D eigenvalue weighted by Gasteiger charge is -2.14. The topological polar surface area (TPSA) is 87.2 Å².